The third kappa shape index (κ3) is 5.30. The maximum absolute atomic E-state index is 12.6. The molecule has 1 aliphatic heterocycles. The van der Waals surface area contributed by atoms with Crippen LogP contribution in [-0.4, -0.2) is 53.5 Å². The molecule has 0 radical (unpaired) electrons. The van der Waals surface area contributed by atoms with Crippen LogP contribution < -0.4 is 0 Å². The average Bonchev–Trinajstić information content (AvgIpc) is 3.02. The van der Waals surface area contributed by atoms with E-state index in [1.54, 1.807) is 11.9 Å². The summed E-state index contributed by atoms with van der Waals surface area (Å²) < 4.78 is 0. The van der Waals surface area contributed by atoms with Crippen molar-refractivity contribution in [3.05, 3.63) is 35.4 Å². The first-order valence-electron chi connectivity index (χ1n) is 8.98. The highest BCUT2D eigenvalue weighted by molar-refractivity contribution is 5.79. The maximum atomic E-state index is 12.6. The zero-order valence-corrected chi connectivity index (χ0v) is 15.8. The number of rotatable bonds is 6. The molecule has 1 aromatic rings. The molecule has 1 amide bonds. The Kier molecular flexibility index (Phi) is 6.22. The van der Waals surface area contributed by atoms with Gasteiger partial charge >= 0.3 is 5.97 Å². The molecule has 2 rings (SSSR count). The number of hydrogen-bond donors (Lipinski definition) is 1. The second-order valence-corrected chi connectivity index (χ2v) is 8.00. The molecule has 5 heteroatoms. The van der Waals surface area contributed by atoms with Crippen molar-refractivity contribution in [2.45, 2.75) is 51.5 Å². The molecule has 1 aliphatic rings. The zero-order chi connectivity index (χ0) is 18.6. The molecule has 5 nitrogen and oxygen atoms in total. The molecule has 0 saturated carbocycles. The van der Waals surface area contributed by atoms with Crippen LogP contribution in [0.4, 0.5) is 0 Å². The van der Waals surface area contributed by atoms with Gasteiger partial charge in [-0.3, -0.25) is 14.5 Å². The Labute approximate surface area is 150 Å². The Morgan fingerprint density at radius 2 is 1.88 bits per heavy atom. The molecule has 0 spiro atoms. The fourth-order valence-electron chi connectivity index (χ4n) is 3.30. The van der Waals surface area contributed by atoms with E-state index in [4.69, 9.17) is 5.11 Å². The van der Waals surface area contributed by atoms with Gasteiger partial charge in [0.05, 0.1) is 19.0 Å². The summed E-state index contributed by atoms with van der Waals surface area (Å²) in [7, 11) is 1.80. The van der Waals surface area contributed by atoms with Gasteiger partial charge < -0.3 is 10.0 Å². The fourth-order valence-corrected chi connectivity index (χ4v) is 3.30. The van der Waals surface area contributed by atoms with Crippen molar-refractivity contribution < 1.29 is 14.7 Å². The van der Waals surface area contributed by atoms with E-state index in [0.29, 0.717) is 6.54 Å². The van der Waals surface area contributed by atoms with Crippen LogP contribution in [0.1, 0.15) is 57.2 Å². The van der Waals surface area contributed by atoms with E-state index in [2.05, 4.69) is 45.0 Å². The normalized spacial score (nSPS) is 18.0. The largest absolute Gasteiger partial charge is 0.481 e. The first kappa shape index (κ1) is 19.4. The van der Waals surface area contributed by atoms with Crippen molar-refractivity contribution in [1.82, 2.24) is 9.80 Å². The topological polar surface area (TPSA) is 60.9 Å². The molecule has 25 heavy (non-hydrogen) atoms. The summed E-state index contributed by atoms with van der Waals surface area (Å²) in [5.41, 5.74) is 2.60. The maximum Gasteiger partial charge on any atom is 0.304 e. The summed E-state index contributed by atoms with van der Waals surface area (Å²) >= 11 is 0. The first-order valence-corrected chi connectivity index (χ1v) is 8.98. The van der Waals surface area contributed by atoms with Crippen LogP contribution in [0.2, 0.25) is 0 Å². The molecular weight excluding hydrogens is 316 g/mol. The number of likely N-dealkylation sites (N-methyl/N-ethyl adjacent to an activating group) is 1. The summed E-state index contributed by atoms with van der Waals surface area (Å²) in [6, 6.07) is 8.75. The molecule has 1 heterocycles. The molecule has 1 saturated heterocycles. The molecule has 1 N–H and O–H groups in total. The first-order chi connectivity index (χ1) is 11.7. The highest BCUT2D eigenvalue weighted by Crippen LogP contribution is 2.33. The summed E-state index contributed by atoms with van der Waals surface area (Å²) in [6.45, 7) is 8.02. The van der Waals surface area contributed by atoms with Crippen LogP contribution in [0.15, 0.2) is 24.3 Å². The van der Waals surface area contributed by atoms with Crippen molar-refractivity contribution in [3.63, 3.8) is 0 Å². The van der Waals surface area contributed by atoms with Crippen LogP contribution in [0.25, 0.3) is 0 Å². The number of carboxylic acid groups (broad SMARTS) is 1. The Morgan fingerprint density at radius 1 is 1.24 bits per heavy atom. The summed E-state index contributed by atoms with van der Waals surface area (Å²) in [5.74, 6) is -0.757. The number of aliphatic carboxylic acids is 1. The number of carbonyl (C=O) groups excluding carboxylic acids is 1. The Balaban J connectivity index is 2.01. The number of hydrogen-bond acceptors (Lipinski definition) is 3. The number of likely N-dealkylation sites (tertiary alicyclic amines) is 1. The molecule has 0 aliphatic carbocycles. The highest BCUT2D eigenvalue weighted by atomic mass is 16.4. The SMILES string of the molecule is CN(CCC(=O)O)CC(=O)N1CCCC1c1ccc(C(C)(C)C)cc1. The number of carbonyl (C=O) groups is 2. The van der Waals surface area contributed by atoms with Gasteiger partial charge in [0.25, 0.3) is 0 Å². The summed E-state index contributed by atoms with van der Waals surface area (Å²) in [5, 5.41) is 8.76. The van der Waals surface area contributed by atoms with Gasteiger partial charge in [0.1, 0.15) is 0 Å². The van der Waals surface area contributed by atoms with E-state index >= 15 is 0 Å². The summed E-state index contributed by atoms with van der Waals surface area (Å²) in [4.78, 5) is 27.0. The van der Waals surface area contributed by atoms with Crippen LogP contribution in [-0.2, 0) is 15.0 Å². The average molecular weight is 346 g/mol. The molecule has 0 aromatic heterocycles. The van der Waals surface area contributed by atoms with Crippen LogP contribution in [0.5, 0.6) is 0 Å². The van der Waals surface area contributed by atoms with E-state index in [-0.39, 0.29) is 30.3 Å². The summed E-state index contributed by atoms with van der Waals surface area (Å²) in [6.07, 6.45) is 2.05. The van der Waals surface area contributed by atoms with Gasteiger partial charge in [0.15, 0.2) is 0 Å². The second kappa shape index (κ2) is 8.00. The molecule has 1 unspecified atom stereocenters. The smallest absolute Gasteiger partial charge is 0.304 e. The van der Waals surface area contributed by atoms with Crippen molar-refractivity contribution in [1.29, 1.82) is 0 Å². The van der Waals surface area contributed by atoms with E-state index in [1.807, 2.05) is 4.90 Å². The van der Waals surface area contributed by atoms with E-state index in [9.17, 15) is 9.59 Å². The fraction of sp³-hybridized carbons (Fsp3) is 0.600. The van der Waals surface area contributed by atoms with E-state index < -0.39 is 5.97 Å². The van der Waals surface area contributed by atoms with Crippen LogP contribution >= 0.6 is 0 Å². The predicted octanol–water partition coefficient (Wildman–Crippen LogP) is 3.05. The molecule has 0 bridgehead atoms. The monoisotopic (exact) mass is 346 g/mol. The molecule has 138 valence electrons. The number of carboxylic acids is 1. The molecule has 1 fully saturated rings. The van der Waals surface area contributed by atoms with Gasteiger partial charge in [0.2, 0.25) is 5.91 Å². The van der Waals surface area contributed by atoms with E-state index in [0.717, 1.165) is 19.4 Å². The van der Waals surface area contributed by atoms with Gasteiger partial charge in [-0.1, -0.05) is 45.0 Å². The minimum atomic E-state index is -0.836. The molecule has 1 atom stereocenters. The minimum Gasteiger partial charge on any atom is -0.481 e. The Morgan fingerprint density at radius 3 is 2.44 bits per heavy atom. The van der Waals surface area contributed by atoms with Crippen molar-refractivity contribution in [3.8, 4) is 0 Å². The van der Waals surface area contributed by atoms with Gasteiger partial charge in [-0.05, 0) is 36.4 Å². The van der Waals surface area contributed by atoms with Crippen LogP contribution in [0, 0.1) is 0 Å². The number of nitrogens with zero attached hydrogens (tertiary/aromatic N) is 2. The third-order valence-electron chi connectivity index (χ3n) is 4.85. The zero-order valence-electron chi connectivity index (χ0n) is 15.8. The van der Waals surface area contributed by atoms with Gasteiger partial charge in [-0.15, -0.1) is 0 Å². The lowest BCUT2D eigenvalue weighted by atomic mass is 9.86. The van der Waals surface area contributed by atoms with E-state index in [1.165, 1.54) is 11.1 Å². The quantitative estimate of drug-likeness (QED) is 0.860. The highest BCUT2D eigenvalue weighted by Gasteiger charge is 2.30. The standard InChI is InChI=1S/C20H30N2O3/c1-20(2,3)16-9-7-15(8-10-16)17-6-5-12-22(17)18(23)14-21(4)13-11-19(24)25/h7-10,17H,5-6,11-14H2,1-4H3,(H,24,25). The van der Waals surface area contributed by atoms with Gasteiger partial charge in [0, 0.05) is 13.1 Å². The van der Waals surface area contributed by atoms with Crippen molar-refractivity contribution in [2.75, 3.05) is 26.7 Å². The molecular formula is C20H30N2O3. The number of benzene rings is 1. The minimum absolute atomic E-state index is 0.0570. The lowest BCUT2D eigenvalue weighted by Gasteiger charge is -2.28. The van der Waals surface area contributed by atoms with Gasteiger partial charge in [-0.2, -0.15) is 0 Å². The van der Waals surface area contributed by atoms with Crippen molar-refractivity contribution >= 4 is 11.9 Å². The number of amides is 1. The lowest BCUT2D eigenvalue weighted by Crippen LogP contribution is -2.39. The van der Waals surface area contributed by atoms with Crippen LogP contribution in [0.3, 0.4) is 0 Å². The van der Waals surface area contributed by atoms with Gasteiger partial charge in [-0.25, -0.2) is 0 Å². The predicted molar refractivity (Wildman–Crippen MR) is 98.6 cm³/mol. The van der Waals surface area contributed by atoms with Crippen molar-refractivity contribution in [2.24, 2.45) is 0 Å². The second-order valence-electron chi connectivity index (χ2n) is 8.00. The lowest BCUT2D eigenvalue weighted by molar-refractivity contribution is -0.138. The Bertz CT molecular complexity index is 604. The third-order valence-corrected chi connectivity index (χ3v) is 4.85. The molecule has 1 aromatic carbocycles. The Hall–Kier alpha value is -1.88.